The number of benzene rings is 1. The standard InChI is InChI=1S/C26H27F3N4O4/c1-36-37-18-21-2-4-22(5-3-21)23(24(34)32-16-10-19-6-12-30-13-7-19)33(25(35)26(27,28)29)17-11-20-8-14-31-15-9-20/h2-9,12-15,23H,10-11,16-18H2,1H3,(H,32,34). The minimum Gasteiger partial charge on any atom is -0.354 e. The summed E-state index contributed by atoms with van der Waals surface area (Å²) in [6.07, 6.45) is 1.61. The predicted molar refractivity (Wildman–Crippen MR) is 128 cm³/mol. The highest BCUT2D eigenvalue weighted by Crippen LogP contribution is 2.28. The van der Waals surface area contributed by atoms with Crippen molar-refractivity contribution in [3.05, 3.63) is 95.6 Å². The smallest absolute Gasteiger partial charge is 0.354 e. The highest BCUT2D eigenvalue weighted by Gasteiger charge is 2.46. The van der Waals surface area contributed by atoms with Crippen LogP contribution < -0.4 is 5.32 Å². The van der Waals surface area contributed by atoms with Gasteiger partial charge in [0.2, 0.25) is 5.91 Å². The Kier molecular flexibility index (Phi) is 10.1. The lowest BCUT2D eigenvalue weighted by atomic mass is 10.0. The van der Waals surface area contributed by atoms with E-state index in [0.717, 1.165) is 5.56 Å². The Morgan fingerprint density at radius 2 is 1.46 bits per heavy atom. The summed E-state index contributed by atoms with van der Waals surface area (Å²) >= 11 is 0. The Hall–Kier alpha value is -3.83. The first kappa shape index (κ1) is 27.8. The Bertz CT molecular complexity index is 1130. The van der Waals surface area contributed by atoms with Crippen LogP contribution in [0.2, 0.25) is 0 Å². The second kappa shape index (κ2) is 13.5. The molecule has 11 heteroatoms. The maximum absolute atomic E-state index is 13.7. The van der Waals surface area contributed by atoms with Crippen LogP contribution in [0.4, 0.5) is 13.2 Å². The first-order chi connectivity index (χ1) is 17.8. The first-order valence-electron chi connectivity index (χ1n) is 11.5. The van der Waals surface area contributed by atoms with E-state index in [0.29, 0.717) is 22.4 Å². The average Bonchev–Trinajstić information content (AvgIpc) is 2.90. The number of carbonyl (C=O) groups excluding carboxylic acids is 2. The van der Waals surface area contributed by atoms with Crippen molar-refractivity contribution >= 4 is 11.8 Å². The molecular formula is C26H27F3N4O4. The molecule has 2 heterocycles. The number of aromatic nitrogens is 2. The number of amides is 2. The van der Waals surface area contributed by atoms with Crippen molar-refractivity contribution in [3.8, 4) is 0 Å². The lowest BCUT2D eigenvalue weighted by molar-refractivity contribution is -0.282. The minimum atomic E-state index is -5.17. The molecule has 3 aromatic rings. The number of rotatable bonds is 12. The van der Waals surface area contributed by atoms with E-state index in [4.69, 9.17) is 4.89 Å². The molecule has 1 unspecified atom stereocenters. The third kappa shape index (κ3) is 8.36. The second-order valence-corrected chi connectivity index (χ2v) is 8.07. The Morgan fingerprint density at radius 3 is 2.00 bits per heavy atom. The summed E-state index contributed by atoms with van der Waals surface area (Å²) in [6.45, 7) is -0.0658. The van der Waals surface area contributed by atoms with Gasteiger partial charge >= 0.3 is 12.1 Å². The van der Waals surface area contributed by atoms with Crippen LogP contribution >= 0.6 is 0 Å². The highest BCUT2D eigenvalue weighted by atomic mass is 19.4. The fourth-order valence-electron chi connectivity index (χ4n) is 3.68. The monoisotopic (exact) mass is 516 g/mol. The number of hydrogen-bond donors (Lipinski definition) is 1. The molecule has 2 aromatic heterocycles. The van der Waals surface area contributed by atoms with Crippen LogP contribution in [0.25, 0.3) is 0 Å². The van der Waals surface area contributed by atoms with Gasteiger partial charge in [0.25, 0.3) is 0 Å². The molecule has 0 saturated heterocycles. The van der Waals surface area contributed by atoms with E-state index >= 15 is 0 Å². The molecule has 0 fully saturated rings. The number of halogens is 3. The molecule has 8 nitrogen and oxygen atoms in total. The molecule has 1 aromatic carbocycles. The molecule has 0 aliphatic carbocycles. The topological polar surface area (TPSA) is 93.7 Å². The third-order valence-electron chi connectivity index (χ3n) is 5.56. The molecular weight excluding hydrogens is 489 g/mol. The predicted octanol–water partition coefficient (Wildman–Crippen LogP) is 3.59. The summed E-state index contributed by atoms with van der Waals surface area (Å²) in [7, 11) is 1.35. The SMILES string of the molecule is COOCc1ccc(C(C(=O)NCCc2ccncc2)N(CCc2ccncc2)C(=O)C(F)(F)F)cc1. The van der Waals surface area contributed by atoms with Gasteiger partial charge in [0.05, 0.1) is 7.11 Å². The fraction of sp³-hybridized carbons (Fsp3) is 0.308. The quantitative estimate of drug-likeness (QED) is 0.292. The largest absolute Gasteiger partial charge is 0.471 e. The van der Waals surface area contributed by atoms with Crippen LogP contribution in [0.3, 0.4) is 0 Å². The lowest BCUT2D eigenvalue weighted by Crippen LogP contribution is -2.49. The van der Waals surface area contributed by atoms with E-state index in [1.165, 1.54) is 31.6 Å². The van der Waals surface area contributed by atoms with Crippen molar-refractivity contribution in [2.75, 3.05) is 20.2 Å². The van der Waals surface area contributed by atoms with Crippen LogP contribution in [0, 0.1) is 0 Å². The summed E-state index contributed by atoms with van der Waals surface area (Å²) in [6, 6.07) is 11.5. The van der Waals surface area contributed by atoms with Crippen molar-refractivity contribution in [2.24, 2.45) is 0 Å². The summed E-state index contributed by atoms with van der Waals surface area (Å²) in [5.74, 6) is -2.81. The summed E-state index contributed by atoms with van der Waals surface area (Å²) < 4.78 is 41.0. The molecule has 0 spiro atoms. The van der Waals surface area contributed by atoms with Crippen LogP contribution in [-0.4, -0.2) is 53.1 Å². The number of hydrogen-bond acceptors (Lipinski definition) is 6. The molecule has 1 atom stereocenters. The van der Waals surface area contributed by atoms with Gasteiger partial charge in [-0.15, -0.1) is 0 Å². The van der Waals surface area contributed by atoms with Crippen molar-refractivity contribution in [1.29, 1.82) is 0 Å². The molecule has 196 valence electrons. The molecule has 3 rings (SSSR count). The van der Waals surface area contributed by atoms with E-state index in [2.05, 4.69) is 20.2 Å². The number of alkyl halides is 3. The van der Waals surface area contributed by atoms with Gasteiger partial charge in [-0.25, -0.2) is 9.78 Å². The molecule has 0 radical (unpaired) electrons. The number of nitrogens with zero attached hydrogens (tertiary/aromatic N) is 3. The zero-order valence-corrected chi connectivity index (χ0v) is 20.1. The second-order valence-electron chi connectivity index (χ2n) is 8.07. The average molecular weight is 517 g/mol. The fourth-order valence-corrected chi connectivity index (χ4v) is 3.68. The van der Waals surface area contributed by atoms with Gasteiger partial charge in [-0.05, 0) is 59.4 Å². The molecule has 0 aliphatic heterocycles. The van der Waals surface area contributed by atoms with Gasteiger partial charge < -0.3 is 10.2 Å². The zero-order valence-electron chi connectivity index (χ0n) is 20.1. The van der Waals surface area contributed by atoms with E-state index < -0.39 is 24.0 Å². The zero-order chi connectivity index (χ0) is 26.7. The van der Waals surface area contributed by atoms with Crippen LogP contribution in [0.5, 0.6) is 0 Å². The van der Waals surface area contributed by atoms with Crippen LogP contribution in [0.1, 0.15) is 28.3 Å². The molecule has 2 amide bonds. The molecule has 1 N–H and O–H groups in total. The maximum Gasteiger partial charge on any atom is 0.471 e. The van der Waals surface area contributed by atoms with Gasteiger partial charge in [-0.2, -0.15) is 13.2 Å². The molecule has 37 heavy (non-hydrogen) atoms. The lowest BCUT2D eigenvalue weighted by Gasteiger charge is -2.32. The van der Waals surface area contributed by atoms with Gasteiger partial charge in [0.15, 0.2) is 0 Å². The normalized spacial score (nSPS) is 12.1. The van der Waals surface area contributed by atoms with Crippen molar-refractivity contribution in [3.63, 3.8) is 0 Å². The Balaban J connectivity index is 1.89. The Labute approximate surface area is 212 Å². The molecule has 0 bridgehead atoms. The van der Waals surface area contributed by atoms with Crippen molar-refractivity contribution < 1.29 is 32.5 Å². The first-order valence-corrected chi connectivity index (χ1v) is 11.5. The summed E-state index contributed by atoms with van der Waals surface area (Å²) in [5, 5.41) is 2.69. The van der Waals surface area contributed by atoms with Gasteiger partial charge in [-0.3, -0.25) is 19.6 Å². The van der Waals surface area contributed by atoms with Crippen LogP contribution in [-0.2, 0) is 38.8 Å². The number of carbonyl (C=O) groups is 2. The van der Waals surface area contributed by atoms with Crippen molar-refractivity contribution in [1.82, 2.24) is 20.2 Å². The number of nitrogens with one attached hydrogen (secondary N) is 1. The molecule has 0 saturated carbocycles. The summed E-state index contributed by atoms with van der Waals surface area (Å²) in [4.78, 5) is 43.8. The minimum absolute atomic E-state index is 0.102. The van der Waals surface area contributed by atoms with Gasteiger partial charge in [0, 0.05) is 37.9 Å². The van der Waals surface area contributed by atoms with Crippen LogP contribution in [0.15, 0.2) is 73.3 Å². The number of pyridine rings is 2. The Morgan fingerprint density at radius 1 is 0.892 bits per heavy atom. The summed E-state index contributed by atoms with van der Waals surface area (Å²) in [5.41, 5.74) is 2.48. The van der Waals surface area contributed by atoms with E-state index in [1.807, 2.05) is 0 Å². The molecule has 0 aliphatic rings. The van der Waals surface area contributed by atoms with E-state index in [-0.39, 0.29) is 31.7 Å². The van der Waals surface area contributed by atoms with Gasteiger partial charge in [0.1, 0.15) is 12.6 Å². The van der Waals surface area contributed by atoms with E-state index in [1.54, 1.807) is 48.8 Å². The van der Waals surface area contributed by atoms with Crippen molar-refractivity contribution in [2.45, 2.75) is 31.7 Å². The van der Waals surface area contributed by atoms with Gasteiger partial charge in [-0.1, -0.05) is 24.3 Å². The third-order valence-corrected chi connectivity index (χ3v) is 5.56. The maximum atomic E-state index is 13.7. The highest BCUT2D eigenvalue weighted by molar-refractivity contribution is 5.90. The van der Waals surface area contributed by atoms with E-state index in [9.17, 15) is 22.8 Å².